The standard InChI is InChI=1S/C15H22N2O3/c1-2-3-13-8-12(6-7-20-13)15(19)17-10-11-4-5-14(18)16-9-11/h4-5,9,12-13H,2-3,6-8,10H2,1H3,(H,16,18)(H,17,19). The molecule has 1 fully saturated rings. The molecule has 5 nitrogen and oxygen atoms in total. The number of aromatic nitrogens is 1. The van der Waals surface area contributed by atoms with Gasteiger partial charge in [0.15, 0.2) is 0 Å². The van der Waals surface area contributed by atoms with E-state index in [1.54, 1.807) is 12.3 Å². The number of carbonyl (C=O) groups excluding carboxylic acids is 1. The fraction of sp³-hybridized carbons (Fsp3) is 0.600. The highest BCUT2D eigenvalue weighted by molar-refractivity contribution is 5.78. The lowest BCUT2D eigenvalue weighted by atomic mass is 9.92. The van der Waals surface area contributed by atoms with Gasteiger partial charge in [-0.05, 0) is 24.8 Å². The van der Waals surface area contributed by atoms with Crippen LogP contribution in [0.4, 0.5) is 0 Å². The van der Waals surface area contributed by atoms with E-state index in [0.29, 0.717) is 13.2 Å². The molecule has 0 aliphatic carbocycles. The van der Waals surface area contributed by atoms with E-state index in [1.165, 1.54) is 6.07 Å². The number of ether oxygens (including phenoxy) is 1. The number of rotatable bonds is 5. The number of aromatic amines is 1. The van der Waals surface area contributed by atoms with E-state index in [4.69, 9.17) is 4.74 Å². The van der Waals surface area contributed by atoms with E-state index in [9.17, 15) is 9.59 Å². The third kappa shape index (κ3) is 4.20. The molecule has 1 aromatic rings. The van der Waals surface area contributed by atoms with Gasteiger partial charge in [0.25, 0.3) is 0 Å². The molecule has 1 aromatic heterocycles. The maximum Gasteiger partial charge on any atom is 0.247 e. The summed E-state index contributed by atoms with van der Waals surface area (Å²) in [4.78, 5) is 25.7. The summed E-state index contributed by atoms with van der Waals surface area (Å²) in [5.74, 6) is 0.128. The Morgan fingerprint density at radius 1 is 1.50 bits per heavy atom. The van der Waals surface area contributed by atoms with Crippen LogP contribution >= 0.6 is 0 Å². The molecule has 20 heavy (non-hydrogen) atoms. The normalized spacial score (nSPS) is 22.4. The fourth-order valence-electron chi connectivity index (χ4n) is 2.53. The highest BCUT2D eigenvalue weighted by Gasteiger charge is 2.27. The van der Waals surface area contributed by atoms with Crippen molar-refractivity contribution in [2.24, 2.45) is 5.92 Å². The van der Waals surface area contributed by atoms with Gasteiger partial charge in [-0.3, -0.25) is 9.59 Å². The molecule has 1 amide bonds. The van der Waals surface area contributed by atoms with Gasteiger partial charge in [0.1, 0.15) is 0 Å². The number of amides is 1. The van der Waals surface area contributed by atoms with Crippen LogP contribution in [0.5, 0.6) is 0 Å². The van der Waals surface area contributed by atoms with Crippen molar-refractivity contribution in [2.75, 3.05) is 6.61 Å². The lowest BCUT2D eigenvalue weighted by Gasteiger charge is -2.28. The molecule has 0 saturated carbocycles. The van der Waals surface area contributed by atoms with Gasteiger partial charge in [0, 0.05) is 31.3 Å². The van der Waals surface area contributed by atoms with Crippen molar-refractivity contribution < 1.29 is 9.53 Å². The minimum absolute atomic E-state index is 0.0445. The van der Waals surface area contributed by atoms with Crippen LogP contribution in [0.25, 0.3) is 0 Å². The predicted octanol–water partition coefficient (Wildman–Crippen LogP) is 1.59. The molecule has 1 saturated heterocycles. The summed E-state index contributed by atoms with van der Waals surface area (Å²) >= 11 is 0. The third-order valence-electron chi connectivity index (χ3n) is 3.66. The Morgan fingerprint density at radius 3 is 3.05 bits per heavy atom. The van der Waals surface area contributed by atoms with Crippen molar-refractivity contribution in [3.8, 4) is 0 Å². The van der Waals surface area contributed by atoms with Crippen LogP contribution in [0.1, 0.15) is 38.2 Å². The van der Waals surface area contributed by atoms with Gasteiger partial charge in [-0.15, -0.1) is 0 Å². The molecular weight excluding hydrogens is 256 g/mol. The average molecular weight is 278 g/mol. The van der Waals surface area contributed by atoms with Crippen LogP contribution in [0.3, 0.4) is 0 Å². The molecule has 2 N–H and O–H groups in total. The van der Waals surface area contributed by atoms with Crippen LogP contribution in [-0.2, 0) is 16.1 Å². The number of hydrogen-bond acceptors (Lipinski definition) is 3. The molecule has 0 radical (unpaired) electrons. The van der Waals surface area contributed by atoms with Crippen molar-refractivity contribution in [2.45, 2.75) is 45.3 Å². The molecule has 2 atom stereocenters. The first kappa shape index (κ1) is 14.8. The molecular formula is C15H22N2O3. The largest absolute Gasteiger partial charge is 0.378 e. The van der Waals surface area contributed by atoms with Crippen LogP contribution in [-0.4, -0.2) is 23.6 Å². The second kappa shape index (κ2) is 7.24. The van der Waals surface area contributed by atoms with Gasteiger partial charge >= 0.3 is 0 Å². The quantitative estimate of drug-likeness (QED) is 0.859. The van der Waals surface area contributed by atoms with E-state index in [0.717, 1.165) is 31.2 Å². The number of H-pyrrole nitrogens is 1. The molecule has 0 spiro atoms. The average Bonchev–Trinajstić information content (AvgIpc) is 2.47. The summed E-state index contributed by atoms with van der Waals surface area (Å²) < 4.78 is 5.65. The van der Waals surface area contributed by atoms with Gasteiger partial charge in [-0.25, -0.2) is 0 Å². The fourth-order valence-corrected chi connectivity index (χ4v) is 2.53. The SMILES string of the molecule is CCCC1CC(C(=O)NCc2ccc(=O)[nH]c2)CCO1. The number of nitrogens with one attached hydrogen (secondary N) is 2. The van der Waals surface area contributed by atoms with E-state index in [2.05, 4.69) is 17.2 Å². The summed E-state index contributed by atoms with van der Waals surface area (Å²) in [6.45, 7) is 3.25. The second-order valence-electron chi connectivity index (χ2n) is 5.28. The van der Waals surface area contributed by atoms with Crippen LogP contribution < -0.4 is 10.9 Å². The van der Waals surface area contributed by atoms with Gasteiger partial charge in [0.05, 0.1) is 6.10 Å². The van der Waals surface area contributed by atoms with Crippen molar-refractivity contribution in [3.63, 3.8) is 0 Å². The molecule has 5 heteroatoms. The van der Waals surface area contributed by atoms with E-state index in [-0.39, 0.29) is 23.5 Å². The van der Waals surface area contributed by atoms with Crippen molar-refractivity contribution in [1.29, 1.82) is 0 Å². The van der Waals surface area contributed by atoms with Crippen LogP contribution in [0.15, 0.2) is 23.1 Å². The Morgan fingerprint density at radius 2 is 2.35 bits per heavy atom. The highest BCUT2D eigenvalue weighted by atomic mass is 16.5. The zero-order chi connectivity index (χ0) is 14.4. The second-order valence-corrected chi connectivity index (χ2v) is 5.28. The maximum atomic E-state index is 12.1. The third-order valence-corrected chi connectivity index (χ3v) is 3.66. The zero-order valence-corrected chi connectivity index (χ0v) is 11.9. The minimum Gasteiger partial charge on any atom is -0.378 e. The maximum absolute atomic E-state index is 12.1. The number of pyridine rings is 1. The monoisotopic (exact) mass is 278 g/mol. The van der Waals surface area contributed by atoms with Crippen molar-refractivity contribution >= 4 is 5.91 Å². The predicted molar refractivity (Wildman–Crippen MR) is 76.3 cm³/mol. The first-order valence-electron chi connectivity index (χ1n) is 7.26. The summed E-state index contributed by atoms with van der Waals surface area (Å²) in [5, 5.41) is 2.93. The molecule has 0 aromatic carbocycles. The highest BCUT2D eigenvalue weighted by Crippen LogP contribution is 2.23. The Hall–Kier alpha value is -1.62. The Labute approximate surface area is 118 Å². The van der Waals surface area contributed by atoms with Gasteiger partial charge < -0.3 is 15.0 Å². The van der Waals surface area contributed by atoms with Crippen molar-refractivity contribution in [3.05, 3.63) is 34.2 Å². The van der Waals surface area contributed by atoms with E-state index in [1.807, 2.05) is 0 Å². The van der Waals surface area contributed by atoms with E-state index < -0.39 is 0 Å². The summed E-state index contributed by atoms with van der Waals surface area (Å²) in [7, 11) is 0. The lowest BCUT2D eigenvalue weighted by molar-refractivity contribution is -0.130. The Kier molecular flexibility index (Phi) is 5.35. The van der Waals surface area contributed by atoms with Gasteiger partial charge in [-0.1, -0.05) is 19.4 Å². The molecule has 110 valence electrons. The Bertz CT molecular complexity index is 476. The molecule has 1 aliphatic rings. The number of hydrogen-bond donors (Lipinski definition) is 2. The summed E-state index contributed by atoms with van der Waals surface area (Å²) in [6, 6.07) is 3.19. The summed E-state index contributed by atoms with van der Waals surface area (Å²) in [6.07, 6.45) is 5.55. The lowest BCUT2D eigenvalue weighted by Crippen LogP contribution is -2.37. The summed E-state index contributed by atoms with van der Waals surface area (Å²) in [5.41, 5.74) is 0.766. The first-order valence-corrected chi connectivity index (χ1v) is 7.26. The molecule has 2 rings (SSSR count). The van der Waals surface area contributed by atoms with Gasteiger partial charge in [0.2, 0.25) is 11.5 Å². The molecule has 0 bridgehead atoms. The van der Waals surface area contributed by atoms with Crippen LogP contribution in [0.2, 0.25) is 0 Å². The van der Waals surface area contributed by atoms with Gasteiger partial charge in [-0.2, -0.15) is 0 Å². The smallest absolute Gasteiger partial charge is 0.247 e. The zero-order valence-electron chi connectivity index (χ0n) is 11.9. The first-order chi connectivity index (χ1) is 9.69. The number of carbonyl (C=O) groups is 1. The minimum atomic E-state index is -0.132. The van der Waals surface area contributed by atoms with Crippen molar-refractivity contribution in [1.82, 2.24) is 10.3 Å². The Balaban J connectivity index is 1.82. The van der Waals surface area contributed by atoms with E-state index >= 15 is 0 Å². The molecule has 2 unspecified atom stereocenters. The molecule has 1 aliphatic heterocycles. The topological polar surface area (TPSA) is 71.2 Å². The van der Waals surface area contributed by atoms with Crippen LogP contribution in [0, 0.1) is 5.92 Å². The molecule has 2 heterocycles.